The van der Waals surface area contributed by atoms with E-state index < -0.39 is 0 Å². The lowest BCUT2D eigenvalue weighted by molar-refractivity contribution is 0.321. The molecule has 0 saturated carbocycles. The van der Waals surface area contributed by atoms with Crippen molar-refractivity contribution in [2.45, 2.75) is 19.5 Å². The maximum atomic E-state index is 13.1. The summed E-state index contributed by atoms with van der Waals surface area (Å²) in [5.74, 6) is -0.193. The van der Waals surface area contributed by atoms with Gasteiger partial charge in [-0.25, -0.2) is 4.39 Å². The van der Waals surface area contributed by atoms with Crippen LogP contribution >= 0.6 is 15.9 Å². The molecule has 1 aliphatic heterocycles. The summed E-state index contributed by atoms with van der Waals surface area (Å²) in [6.07, 6.45) is 0. The van der Waals surface area contributed by atoms with E-state index in [0.29, 0.717) is 4.47 Å². The first-order valence-electron chi connectivity index (χ1n) is 4.14. The molecular weight excluding hydrogens is 233 g/mol. The van der Waals surface area contributed by atoms with Crippen LogP contribution in [0.5, 0.6) is 0 Å². The Morgan fingerprint density at radius 2 is 2.31 bits per heavy atom. The van der Waals surface area contributed by atoms with Crippen LogP contribution in [0.25, 0.3) is 0 Å². The number of rotatable bonds is 0. The van der Waals surface area contributed by atoms with Gasteiger partial charge in [-0.3, -0.25) is 4.90 Å². The quantitative estimate of drug-likeness (QED) is 0.676. The molecule has 0 N–H and O–H groups in total. The molecule has 0 fully saturated rings. The largest absolute Gasteiger partial charge is 0.291 e. The summed E-state index contributed by atoms with van der Waals surface area (Å²) in [5.41, 5.74) is 2.21. The number of benzene rings is 1. The van der Waals surface area contributed by atoms with Gasteiger partial charge in [0.25, 0.3) is 0 Å². The molecule has 13 heavy (non-hydrogen) atoms. The van der Waals surface area contributed by atoms with Gasteiger partial charge in [0, 0.05) is 19.6 Å². The number of halogens is 2. The van der Waals surface area contributed by atoms with Crippen LogP contribution in [-0.4, -0.2) is 4.90 Å². The van der Waals surface area contributed by atoms with E-state index in [4.69, 9.17) is 0 Å². The van der Waals surface area contributed by atoms with Crippen molar-refractivity contribution in [3.63, 3.8) is 0 Å². The maximum Gasteiger partial charge on any atom is 0.137 e. The van der Waals surface area contributed by atoms with E-state index in [0.717, 1.165) is 12.1 Å². The highest BCUT2D eigenvalue weighted by Gasteiger charge is 2.24. The van der Waals surface area contributed by atoms with Crippen LogP contribution < -0.4 is 0 Å². The van der Waals surface area contributed by atoms with Gasteiger partial charge in [-0.1, -0.05) is 0 Å². The summed E-state index contributed by atoms with van der Waals surface area (Å²) < 4.78 is 13.7. The van der Waals surface area contributed by atoms with Gasteiger partial charge in [0.15, 0.2) is 0 Å². The zero-order valence-corrected chi connectivity index (χ0v) is 8.94. The standard InChI is InChI=1S/C10H10BrFN/c1-6-8-4-9(11)10(12)3-7(8)5-13(6)2/h3-4,6H,2,5H2,1H3. The van der Waals surface area contributed by atoms with Crippen molar-refractivity contribution < 1.29 is 4.39 Å². The normalized spacial score (nSPS) is 22.0. The van der Waals surface area contributed by atoms with E-state index in [-0.39, 0.29) is 11.9 Å². The second-order valence-corrected chi connectivity index (χ2v) is 4.24. The molecule has 0 aliphatic carbocycles. The molecule has 1 nitrogen and oxygen atoms in total. The topological polar surface area (TPSA) is 3.24 Å². The van der Waals surface area contributed by atoms with Gasteiger partial charge in [-0.05, 0) is 46.1 Å². The molecule has 1 radical (unpaired) electrons. The zero-order valence-electron chi connectivity index (χ0n) is 7.35. The lowest BCUT2D eigenvalue weighted by Gasteiger charge is -2.13. The van der Waals surface area contributed by atoms with E-state index >= 15 is 0 Å². The highest BCUT2D eigenvalue weighted by atomic mass is 79.9. The Hall–Kier alpha value is -0.410. The average molecular weight is 243 g/mol. The van der Waals surface area contributed by atoms with Crippen LogP contribution in [0.15, 0.2) is 16.6 Å². The van der Waals surface area contributed by atoms with Gasteiger partial charge in [0.05, 0.1) is 4.47 Å². The van der Waals surface area contributed by atoms with Crippen molar-refractivity contribution in [1.29, 1.82) is 0 Å². The zero-order chi connectivity index (χ0) is 9.59. The molecular formula is C10H10BrFN. The highest BCUT2D eigenvalue weighted by molar-refractivity contribution is 9.10. The van der Waals surface area contributed by atoms with Gasteiger partial charge in [-0.2, -0.15) is 0 Å². The monoisotopic (exact) mass is 242 g/mol. The summed E-state index contributed by atoms with van der Waals surface area (Å²) in [4.78, 5) is 1.95. The summed E-state index contributed by atoms with van der Waals surface area (Å²) in [7, 11) is 3.89. The van der Waals surface area contributed by atoms with Crippen LogP contribution in [0.2, 0.25) is 0 Å². The molecule has 1 aliphatic rings. The first-order valence-corrected chi connectivity index (χ1v) is 4.94. The van der Waals surface area contributed by atoms with Gasteiger partial charge in [0.1, 0.15) is 5.82 Å². The first-order chi connectivity index (χ1) is 6.09. The molecule has 0 spiro atoms. The van der Waals surface area contributed by atoms with Crippen molar-refractivity contribution in [2.75, 3.05) is 0 Å². The molecule has 1 atom stereocenters. The molecule has 0 bridgehead atoms. The van der Waals surface area contributed by atoms with Crippen LogP contribution in [-0.2, 0) is 6.54 Å². The Bertz CT molecular complexity index is 351. The first kappa shape index (κ1) is 9.16. The Labute approximate surface area is 85.7 Å². The van der Waals surface area contributed by atoms with Crippen molar-refractivity contribution in [3.8, 4) is 0 Å². The van der Waals surface area contributed by atoms with Gasteiger partial charge in [0.2, 0.25) is 0 Å². The van der Waals surface area contributed by atoms with Crippen molar-refractivity contribution in [1.82, 2.24) is 4.90 Å². The van der Waals surface area contributed by atoms with E-state index in [1.54, 1.807) is 6.07 Å². The van der Waals surface area contributed by atoms with Crippen molar-refractivity contribution in [2.24, 2.45) is 0 Å². The fourth-order valence-electron chi connectivity index (χ4n) is 1.68. The maximum absolute atomic E-state index is 13.1. The number of hydrogen-bond acceptors (Lipinski definition) is 1. The van der Waals surface area contributed by atoms with Gasteiger partial charge in [-0.15, -0.1) is 0 Å². The van der Waals surface area contributed by atoms with E-state index in [9.17, 15) is 4.39 Å². The van der Waals surface area contributed by atoms with Gasteiger partial charge < -0.3 is 0 Å². The molecule has 2 rings (SSSR count). The summed E-state index contributed by atoms with van der Waals surface area (Å²) in [6, 6.07) is 3.72. The minimum atomic E-state index is -0.193. The Balaban J connectivity index is 2.53. The van der Waals surface area contributed by atoms with E-state index in [2.05, 4.69) is 29.9 Å². The van der Waals surface area contributed by atoms with Crippen LogP contribution in [0.3, 0.4) is 0 Å². The van der Waals surface area contributed by atoms with E-state index in [1.807, 2.05) is 11.0 Å². The molecule has 1 unspecified atom stereocenters. The summed E-state index contributed by atoms with van der Waals surface area (Å²) in [6.45, 7) is 2.81. The molecule has 0 aromatic heterocycles. The van der Waals surface area contributed by atoms with Gasteiger partial charge >= 0.3 is 0 Å². The number of hydrogen-bond donors (Lipinski definition) is 0. The van der Waals surface area contributed by atoms with Crippen LogP contribution in [0.1, 0.15) is 24.1 Å². The third kappa shape index (κ3) is 1.40. The third-order valence-corrected chi connectivity index (χ3v) is 3.16. The van der Waals surface area contributed by atoms with Crippen molar-refractivity contribution in [3.05, 3.63) is 40.6 Å². The minimum Gasteiger partial charge on any atom is -0.291 e. The smallest absolute Gasteiger partial charge is 0.137 e. The molecule has 0 amide bonds. The highest BCUT2D eigenvalue weighted by Crippen LogP contribution is 2.35. The molecule has 1 aromatic carbocycles. The average Bonchev–Trinajstić information content (AvgIpc) is 2.32. The third-order valence-electron chi connectivity index (χ3n) is 2.55. The molecule has 1 aromatic rings. The molecule has 69 valence electrons. The lowest BCUT2D eigenvalue weighted by atomic mass is 10.1. The fraction of sp³-hybridized carbons (Fsp3) is 0.300. The number of fused-ring (bicyclic) bond motifs is 1. The van der Waals surface area contributed by atoms with Crippen LogP contribution in [0, 0.1) is 12.9 Å². The fourth-order valence-corrected chi connectivity index (χ4v) is 2.04. The van der Waals surface area contributed by atoms with Crippen molar-refractivity contribution >= 4 is 15.9 Å². The Morgan fingerprint density at radius 1 is 1.62 bits per heavy atom. The minimum absolute atomic E-state index is 0.193. The second-order valence-electron chi connectivity index (χ2n) is 3.39. The molecule has 0 saturated heterocycles. The predicted molar refractivity (Wildman–Crippen MR) is 53.4 cm³/mol. The van der Waals surface area contributed by atoms with Crippen LogP contribution in [0.4, 0.5) is 4.39 Å². The lowest BCUT2D eigenvalue weighted by Crippen LogP contribution is -2.09. The number of nitrogens with zero attached hydrogens (tertiary/aromatic N) is 1. The Morgan fingerprint density at radius 3 is 3.00 bits per heavy atom. The predicted octanol–water partition coefficient (Wildman–Crippen LogP) is 3.26. The summed E-state index contributed by atoms with van der Waals surface area (Å²) in [5, 5.41) is 0. The summed E-state index contributed by atoms with van der Waals surface area (Å²) >= 11 is 3.18. The molecule has 3 heteroatoms. The second kappa shape index (κ2) is 3.07. The molecule has 1 heterocycles. The Kier molecular flexibility index (Phi) is 2.16. The SMILES string of the molecule is [CH2]N1Cc2cc(F)c(Br)cc2C1C. The van der Waals surface area contributed by atoms with E-state index in [1.165, 1.54) is 5.56 Å².